The highest BCUT2D eigenvalue weighted by molar-refractivity contribution is 7.91. The lowest BCUT2D eigenvalue weighted by Crippen LogP contribution is -2.48. The molecule has 0 saturated carbocycles. The van der Waals surface area contributed by atoms with Crippen LogP contribution in [0.1, 0.15) is 13.3 Å². The first-order chi connectivity index (χ1) is 15.8. The number of methoxy groups -OCH3 is 2. The molecule has 3 aliphatic rings. The number of aliphatic imine (C=N–C) groups is 3. The topological polar surface area (TPSA) is 114 Å². The number of sulfonamides is 1. The molecule has 2 N–H and O–H groups in total. The summed E-state index contributed by atoms with van der Waals surface area (Å²) in [5, 5.41) is 2.53. The molecule has 0 saturated heterocycles. The van der Waals surface area contributed by atoms with Gasteiger partial charge in [-0.15, -0.1) is 0 Å². The van der Waals surface area contributed by atoms with Gasteiger partial charge >= 0.3 is 0 Å². The molecule has 0 spiro atoms. The van der Waals surface area contributed by atoms with Crippen molar-refractivity contribution in [2.24, 2.45) is 20.9 Å². The van der Waals surface area contributed by atoms with E-state index in [1.807, 2.05) is 18.2 Å². The molecule has 0 fully saturated rings. The fraction of sp³-hybridized carbons (Fsp3) is 0.318. The fourth-order valence-corrected chi connectivity index (χ4v) is 5.29. The number of nitrogens with zero attached hydrogens (tertiary/aromatic N) is 3. The predicted octanol–water partition coefficient (Wildman–Crippen LogP) is 3.23. The summed E-state index contributed by atoms with van der Waals surface area (Å²) in [5.41, 5.74) is 1.34. The van der Waals surface area contributed by atoms with Crippen molar-refractivity contribution in [1.29, 1.82) is 0 Å². The van der Waals surface area contributed by atoms with Crippen molar-refractivity contribution in [3.8, 4) is 11.5 Å². The van der Waals surface area contributed by atoms with Crippen molar-refractivity contribution < 1.29 is 17.9 Å². The molecule has 11 heteroatoms. The van der Waals surface area contributed by atoms with Gasteiger partial charge in [0.2, 0.25) is 10.0 Å². The van der Waals surface area contributed by atoms with Crippen LogP contribution in [-0.2, 0) is 10.0 Å². The van der Waals surface area contributed by atoms with Crippen LogP contribution in [0, 0.1) is 5.92 Å². The Morgan fingerprint density at radius 1 is 1.12 bits per heavy atom. The number of amidine groups is 2. The third-order valence-electron chi connectivity index (χ3n) is 5.33. The number of nitrogens with one attached hydrogen (secondary N) is 2. The summed E-state index contributed by atoms with van der Waals surface area (Å²) in [5.74, 6) is 1.17. The molecule has 1 aromatic carbocycles. The van der Waals surface area contributed by atoms with Crippen LogP contribution in [0.3, 0.4) is 0 Å². The van der Waals surface area contributed by atoms with E-state index in [2.05, 4.69) is 25.0 Å². The summed E-state index contributed by atoms with van der Waals surface area (Å²) in [6.45, 7) is 1.77. The van der Waals surface area contributed by atoms with Gasteiger partial charge in [-0.25, -0.2) is 18.4 Å². The molecule has 0 amide bonds. The Hall–Kier alpha value is -3.11. The standard InChI is InChI=1S/C22H24ClN5O4S/c1-13-8-20(23)24-12-19(13)33(29,30)28-22-21(26-17-6-4-5-7-18(17)27-22)25-14-9-15(31-2)11-16(10-14)32-3/h4-6,8-13,18-19H,7H2,1-3H3,(H,25,26)(H,27,28). The van der Waals surface area contributed by atoms with E-state index in [9.17, 15) is 8.42 Å². The van der Waals surface area contributed by atoms with E-state index < -0.39 is 15.3 Å². The molecule has 174 valence electrons. The molecule has 0 radical (unpaired) electrons. The molecule has 33 heavy (non-hydrogen) atoms. The Kier molecular flexibility index (Phi) is 6.57. The second-order valence-corrected chi connectivity index (χ2v) is 9.90. The Bertz CT molecular complexity index is 1210. The molecule has 1 aromatic rings. The van der Waals surface area contributed by atoms with Crippen molar-refractivity contribution in [1.82, 2.24) is 4.72 Å². The lowest BCUT2D eigenvalue weighted by atomic mass is 10.0. The highest BCUT2D eigenvalue weighted by Gasteiger charge is 2.34. The first-order valence-corrected chi connectivity index (χ1v) is 12.2. The van der Waals surface area contributed by atoms with Gasteiger partial charge in [0.25, 0.3) is 0 Å². The predicted molar refractivity (Wildman–Crippen MR) is 131 cm³/mol. The van der Waals surface area contributed by atoms with Gasteiger partial charge in [-0.05, 0) is 18.6 Å². The van der Waals surface area contributed by atoms with Crippen molar-refractivity contribution in [3.05, 3.63) is 53.4 Å². The van der Waals surface area contributed by atoms with Crippen molar-refractivity contribution in [2.75, 3.05) is 19.5 Å². The number of halogens is 1. The molecule has 4 rings (SSSR count). The monoisotopic (exact) mass is 489 g/mol. The van der Waals surface area contributed by atoms with Crippen molar-refractivity contribution in [3.63, 3.8) is 0 Å². The fourth-order valence-electron chi connectivity index (χ4n) is 3.61. The minimum Gasteiger partial charge on any atom is -0.497 e. The van der Waals surface area contributed by atoms with Crippen LogP contribution in [0.5, 0.6) is 11.5 Å². The van der Waals surface area contributed by atoms with Crippen molar-refractivity contribution >= 4 is 45.2 Å². The highest BCUT2D eigenvalue weighted by Crippen LogP contribution is 2.28. The molecule has 1 aliphatic carbocycles. The molecule has 2 aliphatic heterocycles. The van der Waals surface area contributed by atoms with Crippen LogP contribution < -0.4 is 19.5 Å². The maximum absolute atomic E-state index is 13.2. The summed E-state index contributed by atoms with van der Waals surface area (Å²) in [6, 6.07) is 4.96. The third-order valence-corrected chi connectivity index (χ3v) is 7.30. The number of hydrogen-bond donors (Lipinski definition) is 2. The molecule has 3 atom stereocenters. The number of anilines is 1. The van der Waals surface area contributed by atoms with Gasteiger partial charge < -0.3 is 14.8 Å². The SMILES string of the molecule is COc1cc(NC2=NC3=CC=CCC3N=C2NS(=O)(=O)C2C=NC(Cl)=CC2C)cc(OC)c1. The quantitative estimate of drug-likeness (QED) is 0.616. The van der Waals surface area contributed by atoms with Gasteiger partial charge in [0, 0.05) is 36.0 Å². The molecule has 9 nitrogen and oxygen atoms in total. The second kappa shape index (κ2) is 9.40. The molecular weight excluding hydrogens is 466 g/mol. The van der Waals surface area contributed by atoms with Crippen LogP contribution in [0.2, 0.25) is 0 Å². The van der Waals surface area contributed by atoms with Crippen molar-refractivity contribution in [2.45, 2.75) is 24.6 Å². The maximum atomic E-state index is 13.2. The summed E-state index contributed by atoms with van der Waals surface area (Å²) < 4.78 is 39.7. The van der Waals surface area contributed by atoms with Gasteiger partial charge in [-0.2, -0.15) is 0 Å². The van der Waals surface area contributed by atoms with Crippen LogP contribution >= 0.6 is 11.6 Å². The molecule has 2 heterocycles. The highest BCUT2D eigenvalue weighted by atomic mass is 35.5. The molecular formula is C22H24ClN5O4S. The Balaban J connectivity index is 1.66. The number of rotatable bonds is 5. The number of fused-ring (bicyclic) bond motifs is 1. The minimum atomic E-state index is -3.89. The van der Waals surface area contributed by atoms with E-state index in [4.69, 9.17) is 21.1 Å². The van der Waals surface area contributed by atoms with Gasteiger partial charge in [0.15, 0.2) is 11.7 Å². The van der Waals surface area contributed by atoms with E-state index in [-0.39, 0.29) is 28.8 Å². The Morgan fingerprint density at radius 3 is 2.52 bits per heavy atom. The smallest absolute Gasteiger partial charge is 0.242 e. The van der Waals surface area contributed by atoms with E-state index in [0.717, 1.165) is 5.70 Å². The van der Waals surface area contributed by atoms with Crippen LogP contribution in [0.25, 0.3) is 0 Å². The second-order valence-electron chi connectivity index (χ2n) is 7.67. The van der Waals surface area contributed by atoms with Crippen LogP contribution in [-0.4, -0.2) is 51.8 Å². The molecule has 0 bridgehead atoms. The van der Waals surface area contributed by atoms with Crippen LogP contribution in [0.15, 0.2) is 68.3 Å². The molecule has 3 unspecified atom stereocenters. The lowest BCUT2D eigenvalue weighted by Gasteiger charge is -2.27. The maximum Gasteiger partial charge on any atom is 0.242 e. The van der Waals surface area contributed by atoms with E-state index >= 15 is 0 Å². The number of hydrogen-bond acceptors (Lipinski definition) is 8. The summed E-state index contributed by atoms with van der Waals surface area (Å²) in [4.78, 5) is 13.3. The zero-order valence-electron chi connectivity index (χ0n) is 18.3. The Morgan fingerprint density at radius 2 is 1.85 bits per heavy atom. The summed E-state index contributed by atoms with van der Waals surface area (Å²) >= 11 is 5.92. The van der Waals surface area contributed by atoms with E-state index in [1.165, 1.54) is 6.21 Å². The number of ether oxygens (including phenoxy) is 2. The first kappa shape index (κ1) is 23.1. The normalized spacial score (nSPS) is 24.1. The average molecular weight is 490 g/mol. The molecule has 0 aromatic heterocycles. The largest absolute Gasteiger partial charge is 0.497 e. The summed E-state index contributed by atoms with van der Waals surface area (Å²) in [7, 11) is -0.784. The Labute approximate surface area is 197 Å². The minimum absolute atomic E-state index is 0.121. The van der Waals surface area contributed by atoms with E-state index in [1.54, 1.807) is 45.4 Å². The van der Waals surface area contributed by atoms with Gasteiger partial charge in [-0.1, -0.05) is 30.7 Å². The van der Waals surface area contributed by atoms with Gasteiger partial charge in [0.1, 0.15) is 21.9 Å². The zero-order valence-corrected chi connectivity index (χ0v) is 19.9. The average Bonchev–Trinajstić information content (AvgIpc) is 2.78. The van der Waals surface area contributed by atoms with Crippen LogP contribution in [0.4, 0.5) is 5.69 Å². The zero-order chi connectivity index (χ0) is 23.6. The van der Waals surface area contributed by atoms with Gasteiger partial charge in [-0.3, -0.25) is 9.71 Å². The lowest BCUT2D eigenvalue weighted by molar-refractivity contribution is 0.395. The number of benzene rings is 1. The van der Waals surface area contributed by atoms with E-state index in [0.29, 0.717) is 23.6 Å². The number of allylic oxidation sites excluding steroid dienone is 3. The third kappa shape index (κ3) is 5.12. The van der Waals surface area contributed by atoms with Gasteiger partial charge in [0.05, 0.1) is 26.0 Å². The first-order valence-electron chi connectivity index (χ1n) is 10.3. The summed E-state index contributed by atoms with van der Waals surface area (Å²) in [6.07, 6.45) is 9.30.